The average Bonchev–Trinajstić information content (AvgIpc) is 3.59. The molecule has 5 aromatic rings. The first kappa shape index (κ1) is 27.0. The van der Waals surface area contributed by atoms with Gasteiger partial charge in [-0.2, -0.15) is 0 Å². The summed E-state index contributed by atoms with van der Waals surface area (Å²) in [7, 11) is 0. The summed E-state index contributed by atoms with van der Waals surface area (Å²) >= 11 is 0. The molecule has 0 radical (unpaired) electrons. The summed E-state index contributed by atoms with van der Waals surface area (Å²) in [4.78, 5) is 4.65. The van der Waals surface area contributed by atoms with E-state index in [0.29, 0.717) is 6.61 Å². The molecule has 0 aliphatic carbocycles. The smallest absolute Gasteiger partial charge is 0.212 e. The first-order chi connectivity index (χ1) is 20.7. The van der Waals surface area contributed by atoms with Crippen LogP contribution >= 0.6 is 0 Å². The molecule has 0 saturated carbocycles. The maximum atomic E-state index is 6.13. The van der Waals surface area contributed by atoms with Gasteiger partial charge in [0.05, 0.1) is 12.9 Å². The normalized spacial score (nSPS) is 16.0. The van der Waals surface area contributed by atoms with E-state index in [1.807, 2.05) is 12.3 Å². The number of rotatable bonds is 9. The molecule has 1 aromatic heterocycles. The average molecular weight is 555 g/mol. The van der Waals surface area contributed by atoms with Gasteiger partial charge < -0.3 is 26.3 Å². The third-order valence-corrected chi connectivity index (χ3v) is 7.83. The van der Waals surface area contributed by atoms with Gasteiger partial charge in [-0.3, -0.25) is 4.98 Å². The van der Waals surface area contributed by atoms with Crippen molar-refractivity contribution in [2.75, 3.05) is 6.61 Å². The predicted octanol–water partition coefficient (Wildman–Crippen LogP) is 7.63. The van der Waals surface area contributed by atoms with Crippen LogP contribution in [0.1, 0.15) is 30.8 Å². The van der Waals surface area contributed by atoms with Crippen molar-refractivity contribution in [1.82, 2.24) is 10.3 Å². The summed E-state index contributed by atoms with van der Waals surface area (Å²) in [6.07, 6.45) is 14.9. The van der Waals surface area contributed by atoms with Crippen molar-refractivity contribution < 1.29 is 9.47 Å². The Morgan fingerprint density at radius 2 is 1.67 bits per heavy atom. The molecule has 0 saturated heterocycles. The molecule has 4 aromatic carbocycles. The van der Waals surface area contributed by atoms with Gasteiger partial charge in [-0.25, -0.2) is 0 Å². The number of fused-ring (bicyclic) bond motifs is 6. The molecule has 1 aliphatic rings. The Labute approximate surface area is 245 Å². The van der Waals surface area contributed by atoms with E-state index in [4.69, 9.17) is 20.9 Å². The highest BCUT2D eigenvalue weighted by Crippen LogP contribution is 2.38. The molecule has 42 heavy (non-hydrogen) atoms. The van der Waals surface area contributed by atoms with Crippen LogP contribution in [-0.4, -0.2) is 11.6 Å². The number of pyridine rings is 1. The Balaban J connectivity index is 1.39. The second-order valence-electron chi connectivity index (χ2n) is 10.3. The lowest BCUT2D eigenvalue weighted by atomic mass is 9.90. The third kappa shape index (κ3) is 5.27. The highest BCUT2D eigenvalue weighted by atomic mass is 16.5. The van der Waals surface area contributed by atoms with E-state index in [-0.39, 0.29) is 12.1 Å². The Morgan fingerprint density at radius 3 is 2.33 bits per heavy atom. The molecule has 210 valence electrons. The lowest BCUT2D eigenvalue weighted by Gasteiger charge is -2.14. The summed E-state index contributed by atoms with van der Waals surface area (Å²) in [6, 6.07) is 26.0. The van der Waals surface area contributed by atoms with E-state index < -0.39 is 0 Å². The van der Waals surface area contributed by atoms with E-state index in [9.17, 15) is 0 Å². The van der Waals surface area contributed by atoms with Crippen LogP contribution in [-0.2, 0) is 9.47 Å². The van der Waals surface area contributed by atoms with Gasteiger partial charge in [0.15, 0.2) is 0 Å². The lowest BCUT2D eigenvalue weighted by Crippen LogP contribution is -2.12. The molecule has 6 heteroatoms. The first-order valence-electron chi connectivity index (χ1n) is 14.2. The summed E-state index contributed by atoms with van der Waals surface area (Å²) in [5, 5.41) is 10.4. The SMILES string of the molecule is CCC(/C=C\C(=C/N)c1ccc2c3ccc(-c4ccc(C5NC=CO5)nc4)cc3c3ccccc3c2c1)CO/C=C\N. The zero-order valence-electron chi connectivity index (χ0n) is 23.5. The van der Waals surface area contributed by atoms with Gasteiger partial charge in [-0.15, -0.1) is 0 Å². The summed E-state index contributed by atoms with van der Waals surface area (Å²) in [5.41, 5.74) is 16.6. The number of nitrogens with two attached hydrogens (primary N) is 2. The number of allylic oxidation sites excluding steroid dienone is 2. The van der Waals surface area contributed by atoms with Gasteiger partial charge in [-0.05, 0) is 73.6 Å². The van der Waals surface area contributed by atoms with Crippen LogP contribution in [0.2, 0.25) is 0 Å². The van der Waals surface area contributed by atoms with Gasteiger partial charge in [-0.1, -0.05) is 73.7 Å². The lowest BCUT2D eigenvalue weighted by molar-refractivity contribution is 0.150. The molecule has 0 bridgehead atoms. The van der Waals surface area contributed by atoms with Crippen molar-refractivity contribution in [3.8, 4) is 11.1 Å². The minimum atomic E-state index is -0.234. The quantitative estimate of drug-likeness (QED) is 0.0985. The highest BCUT2D eigenvalue weighted by molar-refractivity contribution is 6.26. The zero-order valence-corrected chi connectivity index (χ0v) is 23.5. The van der Waals surface area contributed by atoms with E-state index in [0.717, 1.165) is 34.4 Å². The van der Waals surface area contributed by atoms with Crippen molar-refractivity contribution >= 4 is 37.9 Å². The van der Waals surface area contributed by atoms with Crippen LogP contribution in [0.4, 0.5) is 0 Å². The third-order valence-electron chi connectivity index (χ3n) is 7.83. The van der Waals surface area contributed by atoms with Crippen molar-refractivity contribution in [3.63, 3.8) is 0 Å². The molecule has 2 unspecified atom stereocenters. The number of benzene rings is 4. The molecular weight excluding hydrogens is 520 g/mol. The van der Waals surface area contributed by atoms with Crippen LogP contribution in [0.5, 0.6) is 0 Å². The fourth-order valence-electron chi connectivity index (χ4n) is 5.52. The van der Waals surface area contributed by atoms with E-state index in [2.05, 4.69) is 96.1 Å². The molecule has 2 atom stereocenters. The molecule has 0 fully saturated rings. The minimum Gasteiger partial charge on any atom is -0.499 e. The molecule has 5 N–H and O–H groups in total. The Hall–Kier alpha value is -5.23. The molecule has 2 heterocycles. The van der Waals surface area contributed by atoms with Crippen LogP contribution < -0.4 is 16.8 Å². The number of ether oxygens (including phenoxy) is 2. The first-order valence-corrected chi connectivity index (χ1v) is 14.2. The molecule has 6 rings (SSSR count). The van der Waals surface area contributed by atoms with E-state index in [1.165, 1.54) is 44.8 Å². The number of hydrogen-bond acceptors (Lipinski definition) is 6. The zero-order chi connectivity index (χ0) is 28.9. The van der Waals surface area contributed by atoms with Crippen molar-refractivity contribution in [1.29, 1.82) is 0 Å². The maximum Gasteiger partial charge on any atom is 0.212 e. The standard InChI is InChI=1S/C36H34N4O2/c1-2-24(23-41-17-15-37)7-8-27(21-38)25-9-12-31-32-13-10-26(28-11-14-35(40-22-28)36-39-16-18-42-36)20-34(32)30-6-4-3-5-29(30)33(31)19-25/h3-22,24,36,39H,2,23,37-38H2,1H3/b8-7-,17-15-,27-21+. The van der Waals surface area contributed by atoms with Gasteiger partial charge in [0, 0.05) is 36.3 Å². The number of hydrogen-bond donors (Lipinski definition) is 3. The van der Waals surface area contributed by atoms with Crippen LogP contribution in [0, 0.1) is 5.92 Å². The van der Waals surface area contributed by atoms with Crippen LogP contribution in [0.15, 0.2) is 122 Å². The Morgan fingerprint density at radius 1 is 0.929 bits per heavy atom. The Bertz CT molecular complexity index is 1830. The van der Waals surface area contributed by atoms with Crippen LogP contribution in [0.25, 0.3) is 49.0 Å². The number of nitrogens with zero attached hydrogens (tertiary/aromatic N) is 1. The topological polar surface area (TPSA) is 95.4 Å². The fraction of sp³-hybridized carbons (Fsp3) is 0.139. The molecule has 6 nitrogen and oxygen atoms in total. The minimum absolute atomic E-state index is 0.234. The van der Waals surface area contributed by atoms with Crippen LogP contribution in [0.3, 0.4) is 0 Å². The van der Waals surface area contributed by atoms with Gasteiger partial charge >= 0.3 is 0 Å². The fourth-order valence-corrected chi connectivity index (χ4v) is 5.52. The molecule has 0 spiro atoms. The summed E-state index contributed by atoms with van der Waals surface area (Å²) in [5.74, 6) is 0.256. The van der Waals surface area contributed by atoms with Gasteiger partial charge in [0.2, 0.25) is 6.23 Å². The second kappa shape index (κ2) is 12.1. The van der Waals surface area contributed by atoms with Crippen molar-refractivity contribution in [2.45, 2.75) is 19.6 Å². The van der Waals surface area contributed by atoms with Crippen molar-refractivity contribution in [2.24, 2.45) is 17.4 Å². The highest BCUT2D eigenvalue weighted by Gasteiger charge is 2.15. The second-order valence-corrected chi connectivity index (χ2v) is 10.3. The number of nitrogens with one attached hydrogen (secondary N) is 1. The van der Waals surface area contributed by atoms with E-state index in [1.54, 1.807) is 18.7 Å². The van der Waals surface area contributed by atoms with Gasteiger partial charge in [0.25, 0.3) is 0 Å². The summed E-state index contributed by atoms with van der Waals surface area (Å²) < 4.78 is 11.0. The van der Waals surface area contributed by atoms with Crippen molar-refractivity contribution in [3.05, 3.63) is 134 Å². The molecular formula is C36H34N4O2. The predicted molar refractivity (Wildman–Crippen MR) is 173 cm³/mol. The molecule has 0 amide bonds. The number of aromatic nitrogens is 1. The maximum absolute atomic E-state index is 6.13. The largest absolute Gasteiger partial charge is 0.499 e. The monoisotopic (exact) mass is 554 g/mol. The summed E-state index contributed by atoms with van der Waals surface area (Å²) in [6.45, 7) is 2.71. The molecule has 1 aliphatic heterocycles. The van der Waals surface area contributed by atoms with Gasteiger partial charge in [0.1, 0.15) is 12.0 Å². The Kier molecular flexibility index (Phi) is 7.77. The van der Waals surface area contributed by atoms with E-state index >= 15 is 0 Å².